The Morgan fingerprint density at radius 3 is 2.47 bits per heavy atom. The summed E-state index contributed by atoms with van der Waals surface area (Å²) in [6.45, 7) is 2.66. The van der Waals surface area contributed by atoms with Crippen LogP contribution in [0.4, 0.5) is 11.4 Å². The third-order valence-corrected chi connectivity index (χ3v) is 7.29. The van der Waals surface area contributed by atoms with E-state index < -0.39 is 0 Å². The van der Waals surface area contributed by atoms with Crippen molar-refractivity contribution >= 4 is 17.6 Å². The summed E-state index contributed by atoms with van der Waals surface area (Å²) in [6.07, 6.45) is 7.74. The van der Waals surface area contributed by atoms with Crippen LogP contribution in [0.15, 0.2) is 114 Å². The maximum atomic E-state index is 5.92. The molecule has 0 spiro atoms. The van der Waals surface area contributed by atoms with Gasteiger partial charge < -0.3 is 10.1 Å². The fourth-order valence-corrected chi connectivity index (χ4v) is 5.29. The number of nitrogens with zero attached hydrogens (tertiary/aromatic N) is 1. The minimum Gasteiger partial charge on any atom is -0.489 e. The van der Waals surface area contributed by atoms with Crippen molar-refractivity contribution in [1.29, 1.82) is 0 Å². The smallest absolute Gasteiger partial charge is 0.119 e. The molecule has 4 aromatic rings. The van der Waals surface area contributed by atoms with Crippen molar-refractivity contribution in [3.8, 4) is 5.75 Å². The standard InChI is InChI=1S/C33H30N2O/c1-23-9-11-25(12-10-23)22-36-28-19-13-24(14-20-28)21-34-27-17-15-26(16-18-27)33-31-7-4-6-29(31)30-5-2-3-8-32(30)35-33/h2-6,8-21,29,31,33,35H,7,22H2,1H3/t29-,31-,33+/m1/s1. The van der Waals surface area contributed by atoms with Crippen molar-refractivity contribution in [3.05, 3.63) is 137 Å². The molecule has 1 N–H and O–H groups in total. The Bertz CT molecular complexity index is 1390. The van der Waals surface area contributed by atoms with E-state index >= 15 is 0 Å². The number of allylic oxidation sites excluding steroid dienone is 2. The molecule has 0 amide bonds. The molecule has 0 fully saturated rings. The van der Waals surface area contributed by atoms with Gasteiger partial charge in [0.25, 0.3) is 0 Å². The summed E-state index contributed by atoms with van der Waals surface area (Å²) in [5, 5.41) is 3.80. The van der Waals surface area contributed by atoms with Crippen molar-refractivity contribution in [3.63, 3.8) is 0 Å². The lowest BCUT2D eigenvalue weighted by atomic mass is 9.77. The van der Waals surface area contributed by atoms with Gasteiger partial charge in [-0.05, 0) is 84.0 Å². The van der Waals surface area contributed by atoms with Gasteiger partial charge in [0.15, 0.2) is 0 Å². The van der Waals surface area contributed by atoms with E-state index in [1.807, 2.05) is 30.5 Å². The first-order chi connectivity index (χ1) is 17.7. The topological polar surface area (TPSA) is 33.6 Å². The van der Waals surface area contributed by atoms with E-state index in [4.69, 9.17) is 9.73 Å². The molecule has 0 bridgehead atoms. The van der Waals surface area contributed by atoms with Gasteiger partial charge in [-0.15, -0.1) is 0 Å². The molecule has 2 aliphatic rings. The highest BCUT2D eigenvalue weighted by Gasteiger charge is 2.37. The number of benzene rings is 4. The molecule has 36 heavy (non-hydrogen) atoms. The number of rotatable bonds is 6. The van der Waals surface area contributed by atoms with E-state index in [1.54, 1.807) is 0 Å². The summed E-state index contributed by atoms with van der Waals surface area (Å²) in [5.41, 5.74) is 8.42. The molecule has 0 radical (unpaired) electrons. The van der Waals surface area contributed by atoms with E-state index in [9.17, 15) is 0 Å². The molecule has 1 aliphatic carbocycles. The third-order valence-electron chi connectivity index (χ3n) is 7.29. The Kier molecular flexibility index (Phi) is 6.13. The summed E-state index contributed by atoms with van der Waals surface area (Å²) < 4.78 is 5.92. The number of hydrogen-bond acceptors (Lipinski definition) is 3. The lowest BCUT2D eigenvalue weighted by molar-refractivity contribution is 0.306. The average molecular weight is 471 g/mol. The molecule has 0 unspecified atom stereocenters. The second-order valence-electron chi connectivity index (χ2n) is 9.76. The highest BCUT2D eigenvalue weighted by atomic mass is 16.5. The molecular formula is C33H30N2O. The van der Waals surface area contributed by atoms with E-state index in [0.717, 1.165) is 23.4 Å². The van der Waals surface area contributed by atoms with Gasteiger partial charge in [0, 0.05) is 17.8 Å². The van der Waals surface area contributed by atoms with E-state index in [0.29, 0.717) is 24.5 Å². The van der Waals surface area contributed by atoms with Crippen molar-refractivity contribution in [2.75, 3.05) is 5.32 Å². The first-order valence-electron chi connectivity index (χ1n) is 12.7. The lowest BCUT2D eigenvalue weighted by Gasteiger charge is -2.37. The monoisotopic (exact) mass is 470 g/mol. The minimum atomic E-state index is 0.311. The molecule has 3 atom stereocenters. The van der Waals surface area contributed by atoms with Gasteiger partial charge in [-0.2, -0.15) is 0 Å². The maximum Gasteiger partial charge on any atom is 0.119 e. The second kappa shape index (κ2) is 9.87. The van der Waals surface area contributed by atoms with Gasteiger partial charge in [-0.25, -0.2) is 0 Å². The Balaban J connectivity index is 1.10. The van der Waals surface area contributed by atoms with Crippen LogP contribution in [0, 0.1) is 12.8 Å². The number of aliphatic imine (C=N–C) groups is 1. The molecule has 0 saturated heterocycles. The zero-order valence-electron chi connectivity index (χ0n) is 20.5. The largest absolute Gasteiger partial charge is 0.489 e. The Labute approximate surface area is 213 Å². The van der Waals surface area contributed by atoms with E-state index in [1.165, 1.54) is 27.9 Å². The molecule has 178 valence electrons. The molecule has 3 heteroatoms. The van der Waals surface area contributed by atoms with Crippen LogP contribution in [-0.4, -0.2) is 6.21 Å². The predicted octanol–water partition coefficient (Wildman–Crippen LogP) is 8.15. The maximum absolute atomic E-state index is 5.92. The van der Waals surface area contributed by atoms with Crippen molar-refractivity contribution in [2.45, 2.75) is 31.9 Å². The number of hydrogen-bond donors (Lipinski definition) is 1. The molecular weight excluding hydrogens is 440 g/mol. The summed E-state index contributed by atoms with van der Waals surface area (Å²) in [4.78, 5) is 4.70. The molecule has 0 aromatic heterocycles. The molecule has 0 saturated carbocycles. The Morgan fingerprint density at radius 1 is 0.889 bits per heavy atom. The van der Waals surface area contributed by atoms with E-state index in [2.05, 4.69) is 97.2 Å². The van der Waals surface area contributed by atoms with E-state index in [-0.39, 0.29) is 0 Å². The highest BCUT2D eigenvalue weighted by molar-refractivity contribution is 5.82. The molecule has 3 nitrogen and oxygen atoms in total. The quantitative estimate of drug-likeness (QED) is 0.228. The van der Waals surface area contributed by atoms with Crippen molar-refractivity contribution < 1.29 is 4.74 Å². The lowest BCUT2D eigenvalue weighted by Crippen LogP contribution is -2.28. The van der Waals surface area contributed by atoms with Crippen molar-refractivity contribution in [1.82, 2.24) is 0 Å². The molecule has 6 rings (SSSR count). The van der Waals surface area contributed by atoms with Crippen LogP contribution in [0.3, 0.4) is 0 Å². The van der Waals surface area contributed by atoms with Crippen molar-refractivity contribution in [2.24, 2.45) is 10.9 Å². The normalized spacial score (nSPS) is 20.1. The summed E-state index contributed by atoms with van der Waals surface area (Å²) in [6, 6.07) is 34.2. The van der Waals surface area contributed by atoms with Crippen LogP contribution < -0.4 is 10.1 Å². The number of ether oxygens (including phenoxy) is 1. The molecule has 1 heterocycles. The first-order valence-corrected chi connectivity index (χ1v) is 12.7. The van der Waals surface area contributed by atoms with Gasteiger partial charge in [-0.3, -0.25) is 4.99 Å². The van der Waals surface area contributed by atoms with Crippen LogP contribution >= 0.6 is 0 Å². The van der Waals surface area contributed by atoms with Crippen LogP contribution in [0.1, 0.15) is 46.2 Å². The van der Waals surface area contributed by atoms with Gasteiger partial charge in [0.2, 0.25) is 0 Å². The molecule has 1 aliphatic heterocycles. The summed E-state index contributed by atoms with van der Waals surface area (Å²) in [5.74, 6) is 1.91. The minimum absolute atomic E-state index is 0.311. The van der Waals surface area contributed by atoms with Gasteiger partial charge in [0.05, 0.1) is 11.7 Å². The zero-order chi connectivity index (χ0) is 24.3. The van der Waals surface area contributed by atoms with Crippen LogP contribution in [0.2, 0.25) is 0 Å². The average Bonchev–Trinajstić information content (AvgIpc) is 3.43. The number of nitrogens with one attached hydrogen (secondary N) is 1. The highest BCUT2D eigenvalue weighted by Crippen LogP contribution is 2.49. The molecule has 4 aromatic carbocycles. The Morgan fingerprint density at radius 2 is 1.67 bits per heavy atom. The van der Waals surface area contributed by atoms with Crippen LogP contribution in [-0.2, 0) is 6.61 Å². The Hall–Kier alpha value is -4.11. The fourth-order valence-electron chi connectivity index (χ4n) is 5.29. The SMILES string of the molecule is Cc1ccc(COc2ccc(C=Nc3ccc([C@@H]4Nc5ccccc5[C@H]5C=CC[C@H]54)cc3)cc2)cc1. The predicted molar refractivity (Wildman–Crippen MR) is 148 cm³/mol. The van der Waals surface area contributed by atoms with Gasteiger partial charge in [0.1, 0.15) is 12.4 Å². The van der Waals surface area contributed by atoms with Crippen LogP contribution in [0.25, 0.3) is 0 Å². The number of fused-ring (bicyclic) bond motifs is 3. The van der Waals surface area contributed by atoms with Gasteiger partial charge >= 0.3 is 0 Å². The first kappa shape index (κ1) is 22.4. The number of anilines is 1. The zero-order valence-corrected chi connectivity index (χ0v) is 20.5. The second-order valence-corrected chi connectivity index (χ2v) is 9.76. The summed E-state index contributed by atoms with van der Waals surface area (Å²) in [7, 11) is 0. The number of aryl methyl sites for hydroxylation is 1. The van der Waals surface area contributed by atoms with Crippen LogP contribution in [0.5, 0.6) is 5.75 Å². The fraction of sp³-hybridized carbons (Fsp3) is 0.182. The summed E-state index contributed by atoms with van der Waals surface area (Å²) >= 11 is 0. The number of para-hydroxylation sites is 1. The third kappa shape index (κ3) is 4.70. The van der Waals surface area contributed by atoms with Gasteiger partial charge in [-0.1, -0.05) is 72.3 Å².